The Kier molecular flexibility index (Phi) is 5.15. The van der Waals surface area contributed by atoms with E-state index in [1.54, 1.807) is 6.92 Å². The number of hydrogen-bond acceptors (Lipinski definition) is 3. The van der Waals surface area contributed by atoms with Crippen molar-refractivity contribution in [3.63, 3.8) is 0 Å². The number of carboxylic acids is 1. The highest BCUT2D eigenvalue weighted by atomic mass is 32.1. The van der Waals surface area contributed by atoms with Gasteiger partial charge in [-0.25, -0.2) is 0 Å². The van der Waals surface area contributed by atoms with Crippen LogP contribution in [0.25, 0.3) is 0 Å². The molecular formula is C12H14F3NO3S. The lowest BCUT2D eigenvalue weighted by Crippen LogP contribution is -2.41. The van der Waals surface area contributed by atoms with Gasteiger partial charge in [0.2, 0.25) is 0 Å². The van der Waals surface area contributed by atoms with Crippen LogP contribution in [0.3, 0.4) is 0 Å². The van der Waals surface area contributed by atoms with Gasteiger partial charge < -0.3 is 10.0 Å². The van der Waals surface area contributed by atoms with Gasteiger partial charge in [-0.05, 0) is 25.0 Å². The van der Waals surface area contributed by atoms with E-state index in [0.29, 0.717) is 11.3 Å². The molecule has 1 aromatic rings. The zero-order chi connectivity index (χ0) is 15.5. The molecule has 1 heterocycles. The van der Waals surface area contributed by atoms with Crippen LogP contribution in [0.1, 0.15) is 27.0 Å². The topological polar surface area (TPSA) is 57.6 Å². The van der Waals surface area contributed by atoms with Crippen LogP contribution in [-0.2, 0) is 11.2 Å². The van der Waals surface area contributed by atoms with Crippen molar-refractivity contribution in [1.82, 2.24) is 4.90 Å². The van der Waals surface area contributed by atoms with Crippen LogP contribution in [0.15, 0.2) is 6.07 Å². The highest BCUT2D eigenvalue weighted by molar-refractivity contribution is 7.14. The quantitative estimate of drug-likeness (QED) is 0.910. The van der Waals surface area contributed by atoms with Crippen molar-refractivity contribution in [1.29, 1.82) is 0 Å². The van der Waals surface area contributed by atoms with Gasteiger partial charge >= 0.3 is 12.1 Å². The summed E-state index contributed by atoms with van der Waals surface area (Å²) in [5.74, 6) is -2.39. The predicted octanol–water partition coefficient (Wildman–Crippen LogP) is 2.71. The van der Waals surface area contributed by atoms with Crippen LogP contribution in [0.2, 0.25) is 0 Å². The summed E-state index contributed by atoms with van der Waals surface area (Å²) in [5, 5.41) is 8.62. The van der Waals surface area contributed by atoms with Crippen LogP contribution < -0.4 is 0 Å². The number of hydrogen-bond donors (Lipinski definition) is 1. The highest BCUT2D eigenvalue weighted by Crippen LogP contribution is 2.25. The lowest BCUT2D eigenvalue weighted by atomic mass is 10.2. The Morgan fingerprint density at radius 1 is 1.40 bits per heavy atom. The number of aryl methyl sites for hydroxylation is 2. The average molecular weight is 309 g/mol. The van der Waals surface area contributed by atoms with E-state index < -0.39 is 31.1 Å². The van der Waals surface area contributed by atoms with E-state index in [1.807, 2.05) is 6.92 Å². The van der Waals surface area contributed by atoms with Crippen molar-refractivity contribution in [2.45, 2.75) is 26.4 Å². The minimum absolute atomic E-state index is 0.129. The maximum atomic E-state index is 12.4. The SMILES string of the molecule is CCc1cc(C(=O)N(CC(=O)O)CC(F)(F)F)sc1C. The monoisotopic (exact) mass is 309 g/mol. The van der Waals surface area contributed by atoms with Gasteiger partial charge in [0.05, 0.1) is 4.88 Å². The molecular weight excluding hydrogens is 295 g/mol. The smallest absolute Gasteiger partial charge is 0.406 e. The van der Waals surface area contributed by atoms with Gasteiger partial charge in [0.25, 0.3) is 5.91 Å². The molecule has 20 heavy (non-hydrogen) atoms. The van der Waals surface area contributed by atoms with Gasteiger partial charge in [-0.3, -0.25) is 9.59 Å². The molecule has 0 bridgehead atoms. The van der Waals surface area contributed by atoms with Crippen LogP contribution in [-0.4, -0.2) is 41.1 Å². The minimum atomic E-state index is -4.63. The maximum Gasteiger partial charge on any atom is 0.406 e. The summed E-state index contributed by atoms with van der Waals surface area (Å²) in [5.41, 5.74) is 0.876. The number of nitrogens with zero attached hydrogens (tertiary/aromatic N) is 1. The maximum absolute atomic E-state index is 12.4. The second kappa shape index (κ2) is 6.25. The van der Waals surface area contributed by atoms with Crippen LogP contribution in [0.5, 0.6) is 0 Å². The third-order valence-electron chi connectivity index (χ3n) is 2.60. The number of carboxylic acid groups (broad SMARTS) is 1. The molecule has 0 unspecified atom stereocenters. The molecule has 0 aliphatic heterocycles. The fourth-order valence-corrected chi connectivity index (χ4v) is 2.79. The van der Waals surface area contributed by atoms with Crippen molar-refractivity contribution in [2.24, 2.45) is 0 Å². The number of aliphatic carboxylic acids is 1. The summed E-state index contributed by atoms with van der Waals surface area (Å²) in [4.78, 5) is 23.9. The zero-order valence-electron chi connectivity index (χ0n) is 11.0. The molecule has 8 heteroatoms. The van der Waals surface area contributed by atoms with E-state index in [-0.39, 0.29) is 4.88 Å². The molecule has 1 N–H and O–H groups in total. The Hall–Kier alpha value is -1.57. The lowest BCUT2D eigenvalue weighted by molar-refractivity contribution is -0.149. The Labute approximate surface area is 117 Å². The molecule has 112 valence electrons. The predicted molar refractivity (Wildman–Crippen MR) is 68.0 cm³/mol. The second-order valence-corrected chi connectivity index (χ2v) is 5.47. The molecule has 1 rings (SSSR count). The summed E-state index contributed by atoms with van der Waals surface area (Å²) >= 11 is 1.08. The summed E-state index contributed by atoms with van der Waals surface area (Å²) in [7, 11) is 0. The van der Waals surface area contributed by atoms with Crippen molar-refractivity contribution < 1.29 is 27.9 Å². The summed E-state index contributed by atoms with van der Waals surface area (Å²) in [6.07, 6.45) is -3.97. The molecule has 1 amide bonds. The van der Waals surface area contributed by atoms with Crippen LogP contribution >= 0.6 is 11.3 Å². The molecule has 1 aromatic heterocycles. The Morgan fingerprint density at radius 3 is 2.40 bits per heavy atom. The molecule has 0 saturated heterocycles. The molecule has 0 aliphatic rings. The molecule has 0 aromatic carbocycles. The van der Waals surface area contributed by atoms with Gasteiger partial charge in [0, 0.05) is 4.88 Å². The fourth-order valence-electron chi connectivity index (χ4n) is 1.71. The Bertz CT molecular complexity index is 511. The van der Waals surface area contributed by atoms with Crippen LogP contribution in [0, 0.1) is 6.92 Å². The number of halogens is 3. The van der Waals surface area contributed by atoms with Crippen molar-refractivity contribution in [3.05, 3.63) is 21.4 Å². The summed E-state index contributed by atoms with van der Waals surface area (Å²) in [6, 6.07) is 1.52. The number of carbonyl (C=O) groups excluding carboxylic acids is 1. The summed E-state index contributed by atoms with van der Waals surface area (Å²) in [6.45, 7) is 1.09. The Balaban J connectivity index is 2.99. The first-order valence-corrected chi connectivity index (χ1v) is 6.62. The zero-order valence-corrected chi connectivity index (χ0v) is 11.8. The van der Waals surface area contributed by atoms with Gasteiger partial charge in [-0.15, -0.1) is 11.3 Å². The van der Waals surface area contributed by atoms with Gasteiger partial charge in [0.15, 0.2) is 0 Å². The Morgan fingerprint density at radius 2 is 2.00 bits per heavy atom. The number of rotatable bonds is 5. The van der Waals surface area contributed by atoms with E-state index in [4.69, 9.17) is 5.11 Å². The molecule has 0 fully saturated rings. The van der Waals surface area contributed by atoms with E-state index in [2.05, 4.69) is 0 Å². The minimum Gasteiger partial charge on any atom is -0.480 e. The standard InChI is InChI=1S/C12H14F3NO3S/c1-3-8-4-9(20-7(8)2)11(19)16(5-10(17)18)6-12(13,14)15/h4H,3,5-6H2,1-2H3,(H,17,18). The van der Waals surface area contributed by atoms with Crippen molar-refractivity contribution in [2.75, 3.05) is 13.1 Å². The molecule has 4 nitrogen and oxygen atoms in total. The first-order chi connectivity index (χ1) is 9.14. The van der Waals surface area contributed by atoms with Gasteiger partial charge in [-0.1, -0.05) is 6.92 Å². The van der Waals surface area contributed by atoms with E-state index in [1.165, 1.54) is 6.07 Å². The normalized spacial score (nSPS) is 11.4. The highest BCUT2D eigenvalue weighted by Gasteiger charge is 2.34. The van der Waals surface area contributed by atoms with E-state index in [0.717, 1.165) is 21.8 Å². The average Bonchev–Trinajstić information content (AvgIpc) is 2.66. The number of amides is 1. The first-order valence-electron chi connectivity index (χ1n) is 5.81. The van der Waals surface area contributed by atoms with Gasteiger partial charge in [-0.2, -0.15) is 13.2 Å². The van der Waals surface area contributed by atoms with Crippen LogP contribution in [0.4, 0.5) is 13.2 Å². The third-order valence-corrected chi connectivity index (χ3v) is 3.68. The van der Waals surface area contributed by atoms with E-state index in [9.17, 15) is 22.8 Å². The largest absolute Gasteiger partial charge is 0.480 e. The second-order valence-electron chi connectivity index (χ2n) is 4.22. The van der Waals surface area contributed by atoms with Crippen molar-refractivity contribution in [3.8, 4) is 0 Å². The molecule has 0 aliphatic carbocycles. The number of carbonyl (C=O) groups is 2. The van der Waals surface area contributed by atoms with Crippen molar-refractivity contribution >= 4 is 23.2 Å². The first kappa shape index (κ1) is 16.5. The van der Waals surface area contributed by atoms with Gasteiger partial charge in [0.1, 0.15) is 13.1 Å². The number of alkyl halides is 3. The number of thiophene rings is 1. The summed E-state index contributed by atoms with van der Waals surface area (Å²) < 4.78 is 37.2. The lowest BCUT2D eigenvalue weighted by Gasteiger charge is -2.21. The molecule has 0 atom stereocenters. The molecule has 0 saturated carbocycles. The molecule has 0 spiro atoms. The fraction of sp³-hybridized carbons (Fsp3) is 0.500. The van der Waals surface area contributed by atoms with E-state index >= 15 is 0 Å². The molecule has 0 radical (unpaired) electrons. The third kappa shape index (κ3) is 4.52.